The van der Waals surface area contributed by atoms with Gasteiger partial charge in [-0.15, -0.1) is 0 Å². The van der Waals surface area contributed by atoms with Crippen LogP contribution in [0, 0.1) is 29.6 Å². The minimum absolute atomic E-state index is 0.0230. The molecule has 0 aromatic carbocycles. The van der Waals surface area contributed by atoms with Crippen molar-refractivity contribution in [2.24, 2.45) is 29.6 Å². The van der Waals surface area contributed by atoms with Gasteiger partial charge in [0, 0.05) is 18.3 Å². The molecule has 3 fully saturated rings. The molecule has 0 aromatic rings. The Labute approximate surface area is 178 Å². The van der Waals surface area contributed by atoms with Crippen molar-refractivity contribution in [1.29, 1.82) is 0 Å². The molecule has 166 valence electrons. The summed E-state index contributed by atoms with van der Waals surface area (Å²) in [6, 6.07) is 0. The molecular weight excluding hydrogens is 420 g/mol. The molecule has 2 aliphatic heterocycles. The third kappa shape index (κ3) is 5.40. The maximum absolute atomic E-state index is 12.2. The Kier molecular flexibility index (Phi) is 7.77. The van der Waals surface area contributed by atoms with Crippen LogP contribution in [0.4, 0.5) is 0 Å². The Balaban J connectivity index is 1.67. The van der Waals surface area contributed by atoms with Crippen LogP contribution in [0.1, 0.15) is 46.5 Å². The summed E-state index contributed by atoms with van der Waals surface area (Å²) >= 11 is 0. The fourth-order valence-corrected chi connectivity index (χ4v) is 6.51. The van der Waals surface area contributed by atoms with E-state index in [4.69, 9.17) is 19.3 Å². The second-order valence-electron chi connectivity index (χ2n) is 8.48. The third-order valence-electron chi connectivity index (χ3n) is 6.54. The molecule has 1 aliphatic carbocycles. The van der Waals surface area contributed by atoms with Crippen molar-refractivity contribution >= 4 is 33.5 Å². The van der Waals surface area contributed by atoms with E-state index in [-0.39, 0.29) is 23.3 Å². The summed E-state index contributed by atoms with van der Waals surface area (Å²) in [6.45, 7) is 6.00. The van der Waals surface area contributed by atoms with Crippen LogP contribution >= 0.6 is 21.6 Å². The first-order valence-electron chi connectivity index (χ1n) is 10.1. The van der Waals surface area contributed by atoms with Crippen LogP contribution in [0.25, 0.3) is 0 Å². The standard InChI is InChI=1S/C19H30O8S2/c1-10-4-5-13-11(2)17(24-15(22)9-29-28-8-14(20)21)25-18-16(13)12(10)6-7-19(3,26-18)27-23/h10-13,16-18,23H,4-9H2,1-3H3,(H,20,21)/t10-,11-,12+,13?,16?,17+,18-,19?/m1/s1. The fraction of sp³-hybridized carbons (Fsp3) is 0.895. The molecule has 3 aliphatic rings. The van der Waals surface area contributed by atoms with Crippen LogP contribution in [-0.4, -0.2) is 52.2 Å². The van der Waals surface area contributed by atoms with Gasteiger partial charge in [-0.05, 0) is 37.5 Å². The zero-order valence-electron chi connectivity index (χ0n) is 16.9. The number of carbonyl (C=O) groups excluding carboxylic acids is 1. The normalized spacial score (nSPS) is 41.9. The summed E-state index contributed by atoms with van der Waals surface area (Å²) in [5.41, 5.74) is 0. The molecule has 3 rings (SSSR count). The molecule has 0 radical (unpaired) electrons. The van der Waals surface area contributed by atoms with Gasteiger partial charge in [0.15, 0.2) is 6.29 Å². The van der Waals surface area contributed by atoms with Crippen LogP contribution in [0.3, 0.4) is 0 Å². The van der Waals surface area contributed by atoms with Crippen LogP contribution in [0.2, 0.25) is 0 Å². The molecule has 2 heterocycles. The number of rotatable bonds is 7. The smallest absolute Gasteiger partial charge is 0.319 e. The fourth-order valence-electron chi connectivity index (χ4n) is 4.99. The molecule has 29 heavy (non-hydrogen) atoms. The SMILES string of the molecule is C[C@@H]1CCC2C3[C@H](O[C@H](OC(=O)CSSCC(=O)O)[C@@H]2C)OC(C)(OO)CC[C@H]31. The molecule has 2 saturated heterocycles. The molecule has 2 N–H and O–H groups in total. The summed E-state index contributed by atoms with van der Waals surface area (Å²) in [7, 11) is 2.25. The Morgan fingerprint density at radius 2 is 1.86 bits per heavy atom. The topological polar surface area (TPSA) is 112 Å². The zero-order valence-corrected chi connectivity index (χ0v) is 18.6. The lowest BCUT2D eigenvalue weighted by molar-refractivity contribution is -0.442. The van der Waals surface area contributed by atoms with Crippen molar-refractivity contribution in [3.63, 3.8) is 0 Å². The lowest BCUT2D eigenvalue weighted by atomic mass is 9.61. The van der Waals surface area contributed by atoms with Crippen LogP contribution in [0.5, 0.6) is 0 Å². The lowest BCUT2D eigenvalue weighted by Gasteiger charge is -2.51. The number of carbonyl (C=O) groups is 2. The molecule has 10 heteroatoms. The number of ether oxygens (including phenoxy) is 3. The summed E-state index contributed by atoms with van der Waals surface area (Å²) < 4.78 is 17.8. The number of carboxylic acid groups (broad SMARTS) is 1. The second-order valence-corrected chi connectivity index (χ2v) is 10.9. The van der Waals surface area contributed by atoms with E-state index in [1.165, 1.54) is 0 Å². The minimum Gasteiger partial charge on any atom is -0.481 e. The number of esters is 1. The van der Waals surface area contributed by atoms with Gasteiger partial charge < -0.3 is 19.3 Å². The predicted molar refractivity (Wildman–Crippen MR) is 108 cm³/mol. The van der Waals surface area contributed by atoms with Crippen molar-refractivity contribution < 1.29 is 39.1 Å². The number of carboxylic acids is 1. The highest BCUT2D eigenvalue weighted by molar-refractivity contribution is 8.77. The highest BCUT2D eigenvalue weighted by Gasteiger charge is 2.55. The van der Waals surface area contributed by atoms with Gasteiger partial charge in [-0.25, -0.2) is 10.1 Å². The van der Waals surface area contributed by atoms with Gasteiger partial charge in [0.2, 0.25) is 12.1 Å². The van der Waals surface area contributed by atoms with Gasteiger partial charge >= 0.3 is 11.9 Å². The molecule has 3 unspecified atom stereocenters. The quantitative estimate of drug-likeness (QED) is 0.196. The average molecular weight is 451 g/mol. The van der Waals surface area contributed by atoms with Gasteiger partial charge in [0.05, 0.1) is 0 Å². The molecular formula is C19H30O8S2. The van der Waals surface area contributed by atoms with Crippen molar-refractivity contribution in [1.82, 2.24) is 0 Å². The number of hydrogen-bond donors (Lipinski definition) is 2. The Morgan fingerprint density at radius 1 is 1.14 bits per heavy atom. The number of hydrogen-bond acceptors (Lipinski definition) is 9. The zero-order chi connectivity index (χ0) is 21.2. The molecule has 0 amide bonds. The molecule has 1 saturated carbocycles. The first kappa shape index (κ1) is 23.1. The van der Waals surface area contributed by atoms with Crippen molar-refractivity contribution in [2.45, 2.75) is 64.8 Å². The van der Waals surface area contributed by atoms with E-state index in [2.05, 4.69) is 11.8 Å². The first-order valence-corrected chi connectivity index (χ1v) is 12.5. The highest BCUT2D eigenvalue weighted by atomic mass is 33.1. The summed E-state index contributed by atoms with van der Waals surface area (Å²) in [6.07, 6.45) is 2.21. The van der Waals surface area contributed by atoms with Crippen LogP contribution in [0.15, 0.2) is 0 Å². The maximum Gasteiger partial charge on any atom is 0.319 e. The van der Waals surface area contributed by atoms with Crippen LogP contribution < -0.4 is 0 Å². The Hall–Kier alpha value is -0.520. The van der Waals surface area contributed by atoms with E-state index >= 15 is 0 Å². The van der Waals surface area contributed by atoms with Gasteiger partial charge in [-0.1, -0.05) is 41.9 Å². The number of aliphatic carboxylic acids is 1. The van der Waals surface area contributed by atoms with Gasteiger partial charge in [-0.3, -0.25) is 9.59 Å². The van der Waals surface area contributed by atoms with E-state index in [1.807, 2.05) is 6.92 Å². The summed E-state index contributed by atoms with van der Waals surface area (Å²) in [5.74, 6) is -1.14. The Morgan fingerprint density at radius 3 is 2.55 bits per heavy atom. The predicted octanol–water partition coefficient (Wildman–Crippen LogP) is 3.61. The van der Waals surface area contributed by atoms with Crippen molar-refractivity contribution in [2.75, 3.05) is 11.5 Å². The van der Waals surface area contributed by atoms with Crippen molar-refractivity contribution in [3.05, 3.63) is 0 Å². The van der Waals surface area contributed by atoms with E-state index in [0.717, 1.165) is 40.9 Å². The largest absolute Gasteiger partial charge is 0.481 e. The second kappa shape index (κ2) is 9.74. The molecule has 8 nitrogen and oxygen atoms in total. The Bertz CT molecular complexity index is 605. The first-order chi connectivity index (χ1) is 13.7. The maximum atomic E-state index is 12.2. The molecule has 0 spiro atoms. The van der Waals surface area contributed by atoms with Crippen molar-refractivity contribution in [3.8, 4) is 0 Å². The average Bonchev–Trinajstić information content (AvgIpc) is 2.82. The van der Waals surface area contributed by atoms with E-state index in [0.29, 0.717) is 24.2 Å². The lowest BCUT2D eigenvalue weighted by Crippen LogP contribution is -2.55. The van der Waals surface area contributed by atoms with E-state index in [1.54, 1.807) is 6.92 Å². The molecule has 8 atom stereocenters. The summed E-state index contributed by atoms with van der Waals surface area (Å²) in [5, 5.41) is 18.0. The summed E-state index contributed by atoms with van der Waals surface area (Å²) in [4.78, 5) is 27.5. The third-order valence-corrected chi connectivity index (χ3v) is 8.63. The minimum atomic E-state index is -1.15. The monoisotopic (exact) mass is 450 g/mol. The molecule has 0 aromatic heterocycles. The van der Waals surface area contributed by atoms with E-state index < -0.39 is 30.3 Å². The van der Waals surface area contributed by atoms with Gasteiger partial charge in [-0.2, -0.15) is 0 Å². The highest BCUT2D eigenvalue weighted by Crippen LogP contribution is 2.53. The van der Waals surface area contributed by atoms with Crippen LogP contribution in [-0.2, 0) is 28.7 Å². The van der Waals surface area contributed by atoms with E-state index in [9.17, 15) is 14.8 Å². The van der Waals surface area contributed by atoms with Gasteiger partial charge in [0.25, 0.3) is 0 Å². The van der Waals surface area contributed by atoms with Gasteiger partial charge in [0.1, 0.15) is 11.5 Å². The molecule has 0 bridgehead atoms.